The Morgan fingerprint density at radius 1 is 1.17 bits per heavy atom. The molecule has 0 atom stereocenters. The third kappa shape index (κ3) is 35.0. The van der Waals surface area contributed by atoms with Crippen LogP contribution in [0.5, 0.6) is 0 Å². The number of halogens is 4. The Bertz CT molecular complexity index is 9.51. The topological polar surface area (TPSA) is 0 Å². The van der Waals surface area contributed by atoms with Crippen LogP contribution in [0, 0.1) is 0 Å². The minimum absolute atomic E-state index is 0.569. The molecule has 0 aromatic rings. The molecule has 0 unspecified atom stereocenters. The maximum atomic E-state index is 4.70. The Hall–Kier alpha value is 2.17. The van der Waals surface area contributed by atoms with Gasteiger partial charge in [-0.25, -0.2) is 0 Å². The van der Waals surface area contributed by atoms with E-state index in [-0.39, 0.29) is 0 Å². The fraction of sp³-hybridized carbons (Fsp3) is 0. The van der Waals surface area contributed by atoms with Gasteiger partial charge in [0.15, 0.2) is 0 Å². The van der Waals surface area contributed by atoms with Gasteiger partial charge >= 0.3 is 66.4 Å². The Morgan fingerprint density at radius 3 is 1.17 bits per heavy atom. The first-order chi connectivity index (χ1) is 2.83. The summed E-state index contributed by atoms with van der Waals surface area (Å²) in [5.41, 5.74) is 0. The minimum atomic E-state index is 0.569. The van der Waals surface area contributed by atoms with E-state index in [2.05, 4.69) is 20.2 Å². The van der Waals surface area contributed by atoms with Gasteiger partial charge in [-0.3, -0.25) is 0 Å². The van der Waals surface area contributed by atoms with Gasteiger partial charge in [-0.1, -0.05) is 0 Å². The Balaban J connectivity index is 0. The second kappa shape index (κ2) is 15.7. The van der Waals surface area contributed by atoms with E-state index in [1.165, 1.54) is 0 Å². The van der Waals surface area contributed by atoms with Crippen molar-refractivity contribution in [1.29, 1.82) is 0 Å². The summed E-state index contributed by atoms with van der Waals surface area (Å²) in [6, 6.07) is 0. The van der Waals surface area contributed by atoms with E-state index in [0.717, 1.165) is 13.1 Å². The van der Waals surface area contributed by atoms with Crippen LogP contribution in [0.4, 0.5) is 0 Å². The van der Waals surface area contributed by atoms with Crippen molar-refractivity contribution in [2.75, 3.05) is 0 Å². The van der Waals surface area contributed by atoms with Crippen molar-refractivity contribution in [3.05, 3.63) is 0 Å². The molecule has 0 amide bonds. The van der Waals surface area contributed by atoms with Gasteiger partial charge in [-0.15, -0.1) is 0 Å². The molecule has 0 aliphatic rings. The first-order valence-corrected chi connectivity index (χ1v) is 5.78. The molecule has 6 heavy (non-hydrogen) atoms. The first kappa shape index (κ1) is 11.0. The van der Waals surface area contributed by atoms with Crippen LogP contribution in [-0.2, 0) is 25.8 Å². The summed E-state index contributed by atoms with van der Waals surface area (Å²) in [5.74, 6) is 0. The van der Waals surface area contributed by atoms with E-state index in [9.17, 15) is 0 Å². The third-order valence-corrected chi connectivity index (χ3v) is 0. The molecule has 0 rings (SSSR count). The summed E-state index contributed by atoms with van der Waals surface area (Å²) in [4.78, 5) is 0. The predicted octanol–water partition coefficient (Wildman–Crippen LogP) is 2.75. The average Bonchev–Trinajstić information content (AvgIpc) is 1.39. The van der Waals surface area contributed by atoms with E-state index in [0.29, 0.717) is 12.7 Å². The van der Waals surface area contributed by atoms with E-state index >= 15 is 0 Å². The molecule has 0 bridgehead atoms. The van der Waals surface area contributed by atoms with Crippen molar-refractivity contribution in [2.45, 2.75) is 0 Å². The van der Waals surface area contributed by atoms with Crippen molar-refractivity contribution >= 4 is 40.6 Å². The van der Waals surface area contributed by atoms with Crippen LogP contribution >= 0.6 is 40.6 Å². The van der Waals surface area contributed by atoms with Gasteiger partial charge in [-0.2, -0.15) is 0 Å². The van der Waals surface area contributed by atoms with Gasteiger partial charge in [0.05, 0.1) is 0 Å². The van der Waals surface area contributed by atoms with Crippen molar-refractivity contribution in [1.82, 2.24) is 0 Å². The van der Waals surface area contributed by atoms with E-state index in [1.807, 2.05) is 0 Å². The number of hydrogen-bond acceptors (Lipinski definition) is 0. The Kier molecular flexibility index (Phi) is 28.9. The van der Waals surface area contributed by atoms with E-state index < -0.39 is 0 Å². The molecule has 49 valence electrons. The molecule has 0 heterocycles. The maximum absolute atomic E-state index is 4.70. The second-order valence-electron chi connectivity index (χ2n) is 0.0882. The van der Waals surface area contributed by atoms with Crippen molar-refractivity contribution < 1.29 is 25.8 Å². The molecule has 0 radical (unpaired) electrons. The Labute approximate surface area is 65.8 Å². The zero-order valence-electron chi connectivity index (χ0n) is 2.13. The molecule has 0 nitrogen and oxygen atoms in total. The third-order valence-electron chi connectivity index (χ3n) is 0. The number of rotatable bonds is 0. The molecule has 6 heteroatoms. The molecule has 0 N–H and O–H groups in total. The van der Waals surface area contributed by atoms with Crippen LogP contribution in [-0.4, -0.2) is 0 Å². The summed E-state index contributed by atoms with van der Waals surface area (Å²) in [5, 5.41) is 0. The summed E-state index contributed by atoms with van der Waals surface area (Å²) in [7, 11) is 18.7. The fourth-order valence-electron chi connectivity index (χ4n) is 0. The van der Waals surface area contributed by atoms with Crippen molar-refractivity contribution in [3.63, 3.8) is 0 Å². The van der Waals surface area contributed by atoms with Crippen LogP contribution in [0.25, 0.3) is 0 Å². The normalized spacial score (nSPS) is 7.33. The van der Waals surface area contributed by atoms with Crippen LogP contribution in [0.2, 0.25) is 0 Å². The monoisotopic (exact) mass is 261 g/mol. The molecule has 0 aliphatic carbocycles. The van der Waals surface area contributed by atoms with Crippen LogP contribution in [0.15, 0.2) is 0 Å². The van der Waals surface area contributed by atoms with E-state index in [1.54, 1.807) is 0 Å². The van der Waals surface area contributed by atoms with E-state index in [4.69, 9.17) is 20.4 Å². The van der Waals surface area contributed by atoms with Crippen LogP contribution in [0.1, 0.15) is 0 Å². The van der Waals surface area contributed by atoms with Gasteiger partial charge in [-0.05, 0) is 0 Å². The molecular weight excluding hydrogens is 264 g/mol. The molecule has 0 aliphatic heterocycles. The fourth-order valence-corrected chi connectivity index (χ4v) is 0. The van der Waals surface area contributed by atoms with Gasteiger partial charge in [0.2, 0.25) is 0 Å². The molecule has 0 aromatic carbocycles. The van der Waals surface area contributed by atoms with Crippen molar-refractivity contribution in [3.8, 4) is 0 Å². The predicted molar refractivity (Wildman–Crippen MR) is 23.4 cm³/mol. The van der Waals surface area contributed by atoms with Gasteiger partial charge in [0, 0.05) is 0 Å². The van der Waals surface area contributed by atoms with Crippen LogP contribution in [0.3, 0.4) is 0 Å². The average molecular weight is 264 g/mol. The molecule has 0 saturated carbocycles. The summed E-state index contributed by atoms with van der Waals surface area (Å²) in [6.45, 7) is 0. The molecule has 0 saturated heterocycles. The quantitative estimate of drug-likeness (QED) is 0.590. The molecular formula is Cl4CuNi. The summed E-state index contributed by atoms with van der Waals surface area (Å²) in [6.07, 6.45) is 0. The first-order valence-electron chi connectivity index (χ1n) is 0.467. The van der Waals surface area contributed by atoms with Crippen molar-refractivity contribution in [2.24, 2.45) is 0 Å². The van der Waals surface area contributed by atoms with Gasteiger partial charge in [0.25, 0.3) is 0 Å². The molecule has 0 aromatic heterocycles. The van der Waals surface area contributed by atoms with Gasteiger partial charge in [0.1, 0.15) is 0 Å². The van der Waals surface area contributed by atoms with Gasteiger partial charge < -0.3 is 0 Å². The second-order valence-corrected chi connectivity index (χ2v) is 3.27. The summed E-state index contributed by atoms with van der Waals surface area (Å²) < 4.78 is 0. The SMILES string of the molecule is [Cl][Cu][Cl].[Cl][Ni][Cl]. The molecule has 0 spiro atoms. The zero-order chi connectivity index (χ0) is 5.41. The molecule has 0 fully saturated rings. The Morgan fingerprint density at radius 2 is 1.17 bits per heavy atom. The summed E-state index contributed by atoms with van der Waals surface area (Å²) >= 11 is 1.33. The van der Waals surface area contributed by atoms with Crippen LogP contribution < -0.4 is 0 Å². The standard InChI is InChI=1S/4ClH.Cu.Ni/h4*1H;;/q;;;;2*+2/p-4. The zero-order valence-corrected chi connectivity index (χ0v) is 7.08. The number of hydrogen-bond donors (Lipinski definition) is 0.